The van der Waals surface area contributed by atoms with E-state index in [0.29, 0.717) is 12.8 Å². The Kier molecular flexibility index (Phi) is 4.62. The lowest BCUT2D eigenvalue weighted by atomic mass is 10.1. The Morgan fingerprint density at radius 2 is 2.00 bits per heavy atom. The van der Waals surface area contributed by atoms with E-state index in [9.17, 15) is 5.11 Å². The van der Waals surface area contributed by atoms with Gasteiger partial charge in [0.25, 0.3) is 0 Å². The van der Waals surface area contributed by atoms with Crippen LogP contribution in [0.4, 0.5) is 0 Å². The molecule has 0 saturated carbocycles. The summed E-state index contributed by atoms with van der Waals surface area (Å²) in [5.74, 6) is 0. The number of aliphatic hydroxyl groups excluding tert-OH is 1. The number of hydrogen-bond donors (Lipinski definition) is 1. The van der Waals surface area contributed by atoms with Gasteiger partial charge in [-0.15, -0.1) is 11.3 Å². The van der Waals surface area contributed by atoms with Crippen LogP contribution >= 0.6 is 38.9 Å². The number of halogens is 2. The molecule has 1 nitrogen and oxygen atoms in total. The Morgan fingerprint density at radius 3 is 2.65 bits per heavy atom. The van der Waals surface area contributed by atoms with Crippen molar-refractivity contribution in [2.75, 3.05) is 0 Å². The van der Waals surface area contributed by atoms with Crippen LogP contribution in [-0.4, -0.2) is 11.2 Å². The second-order valence-corrected chi connectivity index (χ2v) is 6.11. The average molecular weight is 332 g/mol. The lowest BCUT2D eigenvalue weighted by molar-refractivity contribution is 0.176. The molecule has 0 aliphatic carbocycles. The van der Waals surface area contributed by atoms with E-state index in [1.807, 2.05) is 35.7 Å². The molecular formula is C13H12BrClOS. The number of benzene rings is 1. The lowest BCUT2D eigenvalue weighted by Gasteiger charge is -2.11. The predicted molar refractivity (Wildman–Crippen MR) is 76.9 cm³/mol. The summed E-state index contributed by atoms with van der Waals surface area (Å²) in [7, 11) is 0. The van der Waals surface area contributed by atoms with Gasteiger partial charge in [-0.3, -0.25) is 0 Å². The van der Waals surface area contributed by atoms with Gasteiger partial charge in [-0.05, 0) is 39.0 Å². The zero-order valence-electron chi connectivity index (χ0n) is 9.07. The van der Waals surface area contributed by atoms with E-state index in [1.54, 1.807) is 11.3 Å². The molecule has 1 heterocycles. The normalized spacial score (nSPS) is 12.6. The molecule has 0 aliphatic heterocycles. The van der Waals surface area contributed by atoms with Crippen molar-refractivity contribution in [1.29, 1.82) is 0 Å². The van der Waals surface area contributed by atoms with Crippen molar-refractivity contribution in [1.82, 2.24) is 0 Å². The molecule has 1 atom stereocenters. The SMILES string of the molecule is OC(Cc1ccccc1Cl)Cc1sccc1Br. The van der Waals surface area contributed by atoms with Crippen LogP contribution in [0.2, 0.25) is 5.02 Å². The summed E-state index contributed by atoms with van der Waals surface area (Å²) in [6.45, 7) is 0. The van der Waals surface area contributed by atoms with Gasteiger partial charge in [0, 0.05) is 27.2 Å². The number of aliphatic hydroxyl groups is 1. The molecule has 1 unspecified atom stereocenters. The van der Waals surface area contributed by atoms with Crippen molar-refractivity contribution in [2.45, 2.75) is 18.9 Å². The Bertz CT molecular complexity index is 498. The third-order valence-electron chi connectivity index (χ3n) is 2.53. The standard InChI is InChI=1S/C13H12BrClOS/c14-11-5-6-17-13(11)8-10(16)7-9-3-1-2-4-12(9)15/h1-6,10,16H,7-8H2. The van der Waals surface area contributed by atoms with Gasteiger partial charge < -0.3 is 5.11 Å². The van der Waals surface area contributed by atoms with Gasteiger partial charge in [0.15, 0.2) is 0 Å². The minimum absolute atomic E-state index is 0.398. The minimum Gasteiger partial charge on any atom is -0.392 e. The van der Waals surface area contributed by atoms with Crippen LogP contribution in [0.5, 0.6) is 0 Å². The Balaban J connectivity index is 2.01. The fourth-order valence-electron chi connectivity index (χ4n) is 1.67. The monoisotopic (exact) mass is 330 g/mol. The quantitative estimate of drug-likeness (QED) is 0.885. The second-order valence-electron chi connectivity index (χ2n) is 3.85. The fourth-order valence-corrected chi connectivity index (χ4v) is 3.47. The van der Waals surface area contributed by atoms with Crippen LogP contribution in [0.1, 0.15) is 10.4 Å². The van der Waals surface area contributed by atoms with E-state index in [-0.39, 0.29) is 0 Å². The molecule has 4 heteroatoms. The molecule has 1 aromatic heterocycles. The predicted octanol–water partition coefficient (Wildman–Crippen LogP) is 4.31. The van der Waals surface area contributed by atoms with Gasteiger partial charge in [-0.1, -0.05) is 29.8 Å². The molecule has 1 aromatic carbocycles. The number of rotatable bonds is 4. The van der Waals surface area contributed by atoms with Crippen molar-refractivity contribution >= 4 is 38.9 Å². The highest BCUT2D eigenvalue weighted by atomic mass is 79.9. The minimum atomic E-state index is -0.398. The first-order chi connectivity index (χ1) is 8.16. The summed E-state index contributed by atoms with van der Waals surface area (Å²) in [6.07, 6.45) is 0.845. The van der Waals surface area contributed by atoms with Crippen LogP contribution < -0.4 is 0 Å². The van der Waals surface area contributed by atoms with E-state index in [4.69, 9.17) is 11.6 Å². The highest BCUT2D eigenvalue weighted by Gasteiger charge is 2.11. The van der Waals surface area contributed by atoms with E-state index < -0.39 is 6.10 Å². The van der Waals surface area contributed by atoms with Crippen LogP contribution in [0.3, 0.4) is 0 Å². The van der Waals surface area contributed by atoms with Gasteiger partial charge in [0.1, 0.15) is 0 Å². The second kappa shape index (κ2) is 6.01. The summed E-state index contributed by atoms with van der Waals surface area (Å²) < 4.78 is 1.07. The third kappa shape index (κ3) is 3.55. The Morgan fingerprint density at radius 1 is 1.24 bits per heavy atom. The molecule has 0 radical (unpaired) electrons. The highest BCUT2D eigenvalue weighted by Crippen LogP contribution is 2.25. The summed E-state index contributed by atoms with van der Waals surface area (Å²) in [5, 5.41) is 12.8. The maximum Gasteiger partial charge on any atom is 0.0629 e. The van der Waals surface area contributed by atoms with E-state index in [2.05, 4.69) is 15.9 Å². The third-order valence-corrected chi connectivity index (χ3v) is 4.84. The van der Waals surface area contributed by atoms with Crippen LogP contribution in [0, 0.1) is 0 Å². The zero-order valence-corrected chi connectivity index (χ0v) is 12.2. The first-order valence-electron chi connectivity index (χ1n) is 5.30. The molecular weight excluding hydrogens is 320 g/mol. The summed E-state index contributed by atoms with van der Waals surface area (Å²) in [4.78, 5) is 1.17. The van der Waals surface area contributed by atoms with Crippen molar-refractivity contribution < 1.29 is 5.11 Å². The molecule has 0 aliphatic rings. The maximum absolute atomic E-state index is 10.1. The highest BCUT2D eigenvalue weighted by molar-refractivity contribution is 9.10. The Hall–Kier alpha value is -0.350. The molecule has 1 N–H and O–H groups in total. The molecule has 0 fully saturated rings. The van der Waals surface area contributed by atoms with Gasteiger partial charge >= 0.3 is 0 Å². The average Bonchev–Trinajstić information content (AvgIpc) is 2.68. The molecule has 0 spiro atoms. The van der Waals surface area contributed by atoms with E-state index in [0.717, 1.165) is 15.1 Å². The molecule has 90 valence electrons. The van der Waals surface area contributed by atoms with Crippen molar-refractivity contribution in [2.24, 2.45) is 0 Å². The zero-order chi connectivity index (χ0) is 12.3. The van der Waals surface area contributed by atoms with Crippen molar-refractivity contribution in [3.8, 4) is 0 Å². The fraction of sp³-hybridized carbons (Fsp3) is 0.231. The summed E-state index contributed by atoms with van der Waals surface area (Å²) in [5.41, 5.74) is 0.995. The molecule has 2 rings (SSSR count). The van der Waals surface area contributed by atoms with E-state index in [1.165, 1.54) is 4.88 Å². The largest absolute Gasteiger partial charge is 0.392 e. The first kappa shape index (κ1) is 13.1. The van der Waals surface area contributed by atoms with Gasteiger partial charge in [0.05, 0.1) is 6.10 Å². The van der Waals surface area contributed by atoms with Crippen molar-refractivity contribution in [3.63, 3.8) is 0 Å². The first-order valence-corrected chi connectivity index (χ1v) is 7.35. The van der Waals surface area contributed by atoms with Crippen molar-refractivity contribution in [3.05, 3.63) is 55.6 Å². The van der Waals surface area contributed by atoms with Crippen LogP contribution in [0.15, 0.2) is 40.2 Å². The number of hydrogen-bond acceptors (Lipinski definition) is 2. The lowest BCUT2D eigenvalue weighted by Crippen LogP contribution is -2.13. The molecule has 0 bridgehead atoms. The molecule has 0 saturated heterocycles. The summed E-state index contributed by atoms with van der Waals surface area (Å²) >= 11 is 11.2. The maximum atomic E-state index is 10.1. The topological polar surface area (TPSA) is 20.2 Å². The van der Waals surface area contributed by atoms with Gasteiger partial charge in [-0.2, -0.15) is 0 Å². The van der Waals surface area contributed by atoms with Crippen LogP contribution in [0.25, 0.3) is 0 Å². The van der Waals surface area contributed by atoms with Gasteiger partial charge in [-0.25, -0.2) is 0 Å². The van der Waals surface area contributed by atoms with Gasteiger partial charge in [0.2, 0.25) is 0 Å². The van der Waals surface area contributed by atoms with Crippen LogP contribution in [-0.2, 0) is 12.8 Å². The molecule has 0 amide bonds. The number of thiophene rings is 1. The van der Waals surface area contributed by atoms with E-state index >= 15 is 0 Å². The molecule has 2 aromatic rings. The molecule has 17 heavy (non-hydrogen) atoms. The Labute approximate surface area is 118 Å². The summed E-state index contributed by atoms with van der Waals surface area (Å²) in [6, 6.07) is 9.64. The smallest absolute Gasteiger partial charge is 0.0629 e.